The summed E-state index contributed by atoms with van der Waals surface area (Å²) in [6.07, 6.45) is 0.980. The fraction of sp³-hybridized carbons (Fsp3) is 0.235. The maximum Gasteiger partial charge on any atom is 0.242 e. The van der Waals surface area contributed by atoms with Crippen molar-refractivity contribution in [3.05, 3.63) is 130 Å². The first-order valence-electron chi connectivity index (χ1n) is 13.0. The second kappa shape index (κ2) is 11.6. The van der Waals surface area contributed by atoms with Crippen LogP contribution >= 0.6 is 0 Å². The zero-order valence-corrected chi connectivity index (χ0v) is 22.7. The number of nitrogens with zero attached hydrogens (tertiary/aromatic N) is 1. The number of hydrogen-bond donors (Lipinski definition) is 0. The second-order valence-electron chi connectivity index (χ2n) is 10.4. The Morgan fingerprint density at radius 3 is 1.28 bits per heavy atom. The second-order valence-corrected chi connectivity index (χ2v) is 10.4. The summed E-state index contributed by atoms with van der Waals surface area (Å²) in [4.78, 5) is 2.29. The SMILES string of the molecule is Cc1ccc(B(/C(=C(\CCN(C)C)c2ccc(C)cc2)c2ccc(C)cc2)c2ccc(C)cc2)cc1. The van der Waals surface area contributed by atoms with Gasteiger partial charge in [0.15, 0.2) is 0 Å². The first-order chi connectivity index (χ1) is 17.3. The predicted octanol–water partition coefficient (Wildman–Crippen LogP) is 6.63. The van der Waals surface area contributed by atoms with Gasteiger partial charge >= 0.3 is 0 Å². The van der Waals surface area contributed by atoms with Gasteiger partial charge in [0, 0.05) is 6.54 Å². The Kier molecular flexibility index (Phi) is 8.28. The van der Waals surface area contributed by atoms with Gasteiger partial charge in [-0.2, -0.15) is 0 Å². The summed E-state index contributed by atoms with van der Waals surface area (Å²) in [5, 5.41) is 0. The van der Waals surface area contributed by atoms with E-state index in [9.17, 15) is 0 Å². The lowest BCUT2D eigenvalue weighted by Gasteiger charge is -2.25. The third-order valence-electron chi connectivity index (χ3n) is 7.01. The lowest BCUT2D eigenvalue weighted by Crippen LogP contribution is -2.44. The highest BCUT2D eigenvalue weighted by Crippen LogP contribution is 2.32. The van der Waals surface area contributed by atoms with Crippen molar-refractivity contribution in [3.63, 3.8) is 0 Å². The maximum atomic E-state index is 2.31. The van der Waals surface area contributed by atoms with E-state index in [-0.39, 0.29) is 6.71 Å². The van der Waals surface area contributed by atoms with Crippen LogP contribution in [0.5, 0.6) is 0 Å². The molecule has 0 aliphatic carbocycles. The van der Waals surface area contributed by atoms with Crippen molar-refractivity contribution >= 4 is 28.7 Å². The molecule has 0 spiro atoms. The average molecular weight is 471 g/mol. The van der Waals surface area contributed by atoms with Gasteiger partial charge in [-0.05, 0) is 64.9 Å². The molecule has 0 heterocycles. The molecule has 36 heavy (non-hydrogen) atoms. The standard InChI is InChI=1S/C34H38BN/c1-25-7-15-29(16-8-25)33(23-24-36(5)6)34(30-17-9-26(2)10-18-30)35(31-19-11-27(3)12-20-31)32-21-13-28(4)14-22-32/h7-22H,23-24H2,1-6H3/b34-33+. The monoisotopic (exact) mass is 471 g/mol. The fourth-order valence-corrected chi connectivity index (χ4v) is 4.82. The minimum Gasteiger partial charge on any atom is -0.309 e. The van der Waals surface area contributed by atoms with Gasteiger partial charge < -0.3 is 4.90 Å². The molecule has 0 saturated heterocycles. The molecule has 1 nitrogen and oxygen atoms in total. The van der Waals surface area contributed by atoms with Crippen molar-refractivity contribution < 1.29 is 0 Å². The van der Waals surface area contributed by atoms with Crippen LogP contribution in [0.3, 0.4) is 0 Å². The molecule has 0 unspecified atom stereocenters. The summed E-state index contributed by atoms with van der Waals surface area (Å²) in [7, 11) is 4.32. The maximum absolute atomic E-state index is 2.31. The molecule has 0 aromatic heterocycles. The van der Waals surface area contributed by atoms with Gasteiger partial charge in [-0.25, -0.2) is 0 Å². The molecule has 2 heteroatoms. The molecule has 0 amide bonds. The van der Waals surface area contributed by atoms with Gasteiger partial charge in [0.2, 0.25) is 6.71 Å². The minimum absolute atomic E-state index is 0.132. The summed E-state index contributed by atoms with van der Waals surface area (Å²) >= 11 is 0. The predicted molar refractivity (Wildman–Crippen MR) is 160 cm³/mol. The van der Waals surface area contributed by atoms with Gasteiger partial charge in [-0.3, -0.25) is 0 Å². The third-order valence-corrected chi connectivity index (χ3v) is 7.01. The van der Waals surface area contributed by atoms with Crippen LogP contribution in [0.4, 0.5) is 0 Å². The molecule has 0 N–H and O–H groups in total. The lowest BCUT2D eigenvalue weighted by atomic mass is 9.34. The zero-order valence-electron chi connectivity index (χ0n) is 22.7. The molecule has 0 aliphatic rings. The number of hydrogen-bond acceptors (Lipinski definition) is 1. The third kappa shape index (κ3) is 6.25. The van der Waals surface area contributed by atoms with Crippen molar-refractivity contribution in [1.82, 2.24) is 4.90 Å². The molecule has 0 bridgehead atoms. The summed E-state index contributed by atoms with van der Waals surface area (Å²) in [5.41, 5.74) is 13.2. The number of rotatable bonds is 8. The molecule has 0 atom stereocenters. The van der Waals surface area contributed by atoms with Crippen molar-refractivity contribution in [3.8, 4) is 0 Å². The van der Waals surface area contributed by atoms with Crippen LogP contribution in [0.15, 0.2) is 97.1 Å². The molecular formula is C34H38BN. The van der Waals surface area contributed by atoms with E-state index in [0.29, 0.717) is 0 Å². The van der Waals surface area contributed by atoms with E-state index in [0.717, 1.165) is 13.0 Å². The van der Waals surface area contributed by atoms with Crippen molar-refractivity contribution in [2.45, 2.75) is 34.1 Å². The van der Waals surface area contributed by atoms with E-state index in [1.54, 1.807) is 0 Å². The van der Waals surface area contributed by atoms with Crippen LogP contribution < -0.4 is 10.9 Å². The Morgan fingerprint density at radius 2 is 0.889 bits per heavy atom. The Morgan fingerprint density at radius 1 is 0.528 bits per heavy atom. The highest BCUT2D eigenvalue weighted by atomic mass is 15.0. The van der Waals surface area contributed by atoms with Gasteiger partial charge in [0.1, 0.15) is 0 Å². The quantitative estimate of drug-likeness (QED) is 0.206. The Labute approximate surface area is 218 Å². The molecule has 4 aromatic rings. The molecule has 0 saturated carbocycles. The molecule has 0 fully saturated rings. The summed E-state index contributed by atoms with van der Waals surface area (Å²) in [6, 6.07) is 36.4. The Hall–Kier alpha value is -3.36. The smallest absolute Gasteiger partial charge is 0.242 e. The van der Waals surface area contributed by atoms with E-state index in [4.69, 9.17) is 0 Å². The van der Waals surface area contributed by atoms with Crippen LogP contribution in [0.1, 0.15) is 39.8 Å². The normalized spacial score (nSPS) is 12.0. The summed E-state index contributed by atoms with van der Waals surface area (Å²) in [6.45, 7) is 9.78. The van der Waals surface area contributed by atoms with Crippen LogP contribution in [0.25, 0.3) is 11.0 Å². The first kappa shape index (κ1) is 25.7. The van der Waals surface area contributed by atoms with Gasteiger partial charge in [0.25, 0.3) is 0 Å². The van der Waals surface area contributed by atoms with E-state index < -0.39 is 0 Å². The van der Waals surface area contributed by atoms with Crippen LogP contribution in [-0.4, -0.2) is 32.3 Å². The minimum atomic E-state index is 0.132. The first-order valence-corrected chi connectivity index (χ1v) is 13.0. The molecule has 4 aromatic carbocycles. The van der Waals surface area contributed by atoms with Crippen LogP contribution in [-0.2, 0) is 0 Å². The topological polar surface area (TPSA) is 3.24 Å². The summed E-state index contributed by atoms with van der Waals surface area (Å²) in [5.74, 6) is 0. The largest absolute Gasteiger partial charge is 0.309 e. The van der Waals surface area contributed by atoms with Crippen LogP contribution in [0.2, 0.25) is 0 Å². The number of benzene rings is 4. The lowest BCUT2D eigenvalue weighted by molar-refractivity contribution is 0.419. The van der Waals surface area contributed by atoms with E-state index >= 15 is 0 Å². The average Bonchev–Trinajstić information content (AvgIpc) is 2.87. The van der Waals surface area contributed by atoms with Gasteiger partial charge in [-0.1, -0.05) is 136 Å². The highest BCUT2D eigenvalue weighted by Gasteiger charge is 2.28. The summed E-state index contributed by atoms with van der Waals surface area (Å²) < 4.78 is 0. The van der Waals surface area contributed by atoms with Crippen molar-refractivity contribution in [2.75, 3.05) is 20.6 Å². The fourth-order valence-electron chi connectivity index (χ4n) is 4.82. The Balaban J connectivity index is 2.06. The van der Waals surface area contributed by atoms with E-state index in [1.165, 1.54) is 55.4 Å². The van der Waals surface area contributed by atoms with Crippen molar-refractivity contribution in [2.24, 2.45) is 0 Å². The molecule has 0 aliphatic heterocycles. The van der Waals surface area contributed by atoms with Gasteiger partial charge in [-0.15, -0.1) is 0 Å². The highest BCUT2D eigenvalue weighted by molar-refractivity contribution is 7.00. The van der Waals surface area contributed by atoms with Crippen molar-refractivity contribution in [1.29, 1.82) is 0 Å². The molecule has 4 rings (SSSR count). The molecule has 0 radical (unpaired) electrons. The van der Waals surface area contributed by atoms with E-state index in [1.807, 2.05) is 0 Å². The molecule has 182 valence electrons. The Bertz CT molecular complexity index is 1250. The zero-order chi connectivity index (χ0) is 25.7. The van der Waals surface area contributed by atoms with E-state index in [2.05, 4.69) is 144 Å². The molecular weight excluding hydrogens is 433 g/mol. The number of aryl methyl sites for hydroxylation is 4. The van der Waals surface area contributed by atoms with Crippen LogP contribution in [0, 0.1) is 27.7 Å². The van der Waals surface area contributed by atoms with Gasteiger partial charge in [0.05, 0.1) is 0 Å².